The molecule has 9 nitrogen and oxygen atoms in total. The summed E-state index contributed by atoms with van der Waals surface area (Å²) < 4.78 is 23.0. The SMILES string of the molecule is O=c1[nH]c2c(-c3cccc4[nH]ccc34)nc(-n3cnc4ccc(F)cc43)nc2n1C1CCOCC1. The van der Waals surface area contributed by atoms with Crippen molar-refractivity contribution in [2.75, 3.05) is 13.2 Å². The van der Waals surface area contributed by atoms with E-state index in [2.05, 4.69) is 15.0 Å². The van der Waals surface area contributed by atoms with E-state index in [1.54, 1.807) is 21.5 Å². The summed E-state index contributed by atoms with van der Waals surface area (Å²) in [6.07, 6.45) is 4.88. The molecule has 0 aliphatic carbocycles. The Hall–Kier alpha value is -4.31. The van der Waals surface area contributed by atoms with Crippen LogP contribution in [0, 0.1) is 5.82 Å². The van der Waals surface area contributed by atoms with Gasteiger partial charge in [-0.3, -0.25) is 9.13 Å². The van der Waals surface area contributed by atoms with Gasteiger partial charge in [-0.15, -0.1) is 0 Å². The smallest absolute Gasteiger partial charge is 0.327 e. The van der Waals surface area contributed by atoms with Crippen LogP contribution in [0.1, 0.15) is 18.9 Å². The van der Waals surface area contributed by atoms with Crippen LogP contribution in [0.4, 0.5) is 4.39 Å². The molecule has 0 bridgehead atoms. The molecule has 5 heterocycles. The van der Waals surface area contributed by atoms with E-state index >= 15 is 0 Å². The largest absolute Gasteiger partial charge is 0.381 e. The molecular formula is C25H20FN7O2. The fraction of sp³-hybridized carbons (Fsp3) is 0.200. The predicted molar refractivity (Wildman–Crippen MR) is 129 cm³/mol. The highest BCUT2D eigenvalue weighted by atomic mass is 19.1. The molecule has 10 heteroatoms. The molecule has 7 rings (SSSR count). The second-order valence-corrected chi connectivity index (χ2v) is 8.71. The Morgan fingerprint density at radius 3 is 2.86 bits per heavy atom. The minimum Gasteiger partial charge on any atom is -0.381 e. The number of benzene rings is 2. The van der Waals surface area contributed by atoms with E-state index in [-0.39, 0.29) is 17.5 Å². The summed E-state index contributed by atoms with van der Waals surface area (Å²) in [5, 5.41) is 0.972. The first-order valence-corrected chi connectivity index (χ1v) is 11.5. The number of rotatable bonds is 3. The highest BCUT2D eigenvalue weighted by Crippen LogP contribution is 2.33. The summed E-state index contributed by atoms with van der Waals surface area (Å²) >= 11 is 0. The molecule has 0 unspecified atom stereocenters. The molecule has 1 aliphatic heterocycles. The minimum absolute atomic E-state index is 0.0411. The van der Waals surface area contributed by atoms with Crippen molar-refractivity contribution >= 4 is 33.1 Å². The van der Waals surface area contributed by atoms with E-state index < -0.39 is 0 Å². The van der Waals surface area contributed by atoms with E-state index in [9.17, 15) is 9.18 Å². The van der Waals surface area contributed by atoms with Crippen LogP contribution in [0.5, 0.6) is 0 Å². The van der Waals surface area contributed by atoms with Gasteiger partial charge >= 0.3 is 5.69 Å². The van der Waals surface area contributed by atoms with Crippen molar-refractivity contribution in [1.82, 2.24) is 34.1 Å². The first kappa shape index (κ1) is 20.1. The van der Waals surface area contributed by atoms with Crippen LogP contribution in [-0.2, 0) is 4.74 Å². The minimum atomic E-state index is -0.376. The number of halogens is 1. The molecule has 2 aromatic carbocycles. The summed E-state index contributed by atoms with van der Waals surface area (Å²) in [7, 11) is 0. The van der Waals surface area contributed by atoms with Crippen molar-refractivity contribution in [2.45, 2.75) is 18.9 Å². The molecule has 2 N–H and O–H groups in total. The van der Waals surface area contributed by atoms with Gasteiger partial charge in [0.15, 0.2) is 5.65 Å². The zero-order valence-electron chi connectivity index (χ0n) is 18.5. The Kier molecular flexibility index (Phi) is 4.37. The molecule has 0 radical (unpaired) electrons. The number of nitrogens with one attached hydrogen (secondary N) is 2. The fourth-order valence-corrected chi connectivity index (χ4v) is 5.01. The van der Waals surface area contributed by atoms with Crippen molar-refractivity contribution in [3.63, 3.8) is 0 Å². The maximum atomic E-state index is 14.1. The summed E-state index contributed by atoms with van der Waals surface area (Å²) in [5.74, 6) is -0.0636. The van der Waals surface area contributed by atoms with E-state index in [1.165, 1.54) is 12.1 Å². The van der Waals surface area contributed by atoms with Crippen LogP contribution in [-0.4, -0.2) is 47.3 Å². The topological polar surface area (TPSA) is 106 Å². The van der Waals surface area contributed by atoms with Gasteiger partial charge < -0.3 is 14.7 Å². The molecule has 1 saturated heterocycles. The molecule has 6 aromatic rings. The standard InChI is InChI=1S/C25H20FN7O2/c26-14-4-5-19-20(12-14)32(13-28-19)24-29-21(17-2-1-3-18-16(17)6-9-27-18)22-23(31-24)33(25(34)30-22)15-7-10-35-11-8-15/h1-6,9,12-13,15,27H,7-8,10-11H2,(H,30,34). The summed E-state index contributed by atoms with van der Waals surface area (Å²) in [6, 6.07) is 12.2. The Morgan fingerprint density at radius 1 is 1.09 bits per heavy atom. The maximum Gasteiger partial charge on any atom is 0.327 e. The molecule has 0 saturated carbocycles. The molecule has 1 fully saturated rings. The van der Waals surface area contributed by atoms with Crippen LogP contribution < -0.4 is 5.69 Å². The van der Waals surface area contributed by atoms with Crippen molar-refractivity contribution in [3.8, 4) is 17.2 Å². The first-order chi connectivity index (χ1) is 17.2. The Bertz CT molecular complexity index is 1790. The molecule has 174 valence electrons. The highest BCUT2D eigenvalue weighted by molar-refractivity contribution is 6.00. The second-order valence-electron chi connectivity index (χ2n) is 8.71. The van der Waals surface area contributed by atoms with Gasteiger partial charge in [0.25, 0.3) is 0 Å². The number of fused-ring (bicyclic) bond motifs is 3. The van der Waals surface area contributed by atoms with Gasteiger partial charge in [-0.1, -0.05) is 12.1 Å². The number of aromatic amines is 2. The van der Waals surface area contributed by atoms with E-state index in [0.717, 1.165) is 16.5 Å². The van der Waals surface area contributed by atoms with Gasteiger partial charge in [-0.25, -0.2) is 19.2 Å². The molecular weight excluding hydrogens is 449 g/mol. The number of hydrogen-bond donors (Lipinski definition) is 2. The Labute approximate surface area is 197 Å². The van der Waals surface area contributed by atoms with E-state index in [0.29, 0.717) is 59.9 Å². The number of H-pyrrole nitrogens is 2. The van der Waals surface area contributed by atoms with Gasteiger partial charge in [0.1, 0.15) is 23.4 Å². The van der Waals surface area contributed by atoms with Crippen LogP contribution in [0.15, 0.2) is 59.8 Å². The van der Waals surface area contributed by atoms with Crippen molar-refractivity contribution in [1.29, 1.82) is 0 Å². The van der Waals surface area contributed by atoms with Gasteiger partial charge in [0.05, 0.1) is 11.0 Å². The van der Waals surface area contributed by atoms with E-state index in [1.807, 2.05) is 30.5 Å². The lowest BCUT2D eigenvalue weighted by molar-refractivity contribution is 0.0697. The summed E-state index contributed by atoms with van der Waals surface area (Å²) in [4.78, 5) is 33.6. The normalized spacial score (nSPS) is 15.0. The third-order valence-corrected chi connectivity index (χ3v) is 6.69. The molecule has 4 aromatic heterocycles. The third kappa shape index (κ3) is 3.10. The molecule has 0 atom stereocenters. The van der Waals surface area contributed by atoms with Crippen LogP contribution >= 0.6 is 0 Å². The zero-order chi connectivity index (χ0) is 23.5. The summed E-state index contributed by atoms with van der Waals surface area (Å²) in [6.45, 7) is 1.17. The summed E-state index contributed by atoms with van der Waals surface area (Å²) in [5.41, 5.74) is 4.41. The van der Waals surface area contributed by atoms with Gasteiger partial charge in [-0.2, -0.15) is 4.98 Å². The number of ether oxygens (including phenoxy) is 1. The Balaban J connectivity index is 1.56. The van der Waals surface area contributed by atoms with Crippen LogP contribution in [0.2, 0.25) is 0 Å². The van der Waals surface area contributed by atoms with Gasteiger partial charge in [0.2, 0.25) is 5.95 Å². The second kappa shape index (κ2) is 7.60. The average Bonchev–Trinajstić information content (AvgIpc) is 3.60. The molecule has 35 heavy (non-hydrogen) atoms. The first-order valence-electron chi connectivity index (χ1n) is 11.5. The zero-order valence-corrected chi connectivity index (χ0v) is 18.5. The van der Waals surface area contributed by atoms with Crippen molar-refractivity contribution < 1.29 is 9.13 Å². The molecule has 0 amide bonds. The fourth-order valence-electron chi connectivity index (χ4n) is 5.01. The highest BCUT2D eigenvalue weighted by Gasteiger charge is 2.25. The molecule has 1 aliphatic rings. The van der Waals surface area contributed by atoms with Gasteiger partial charge in [-0.05, 0) is 37.1 Å². The Morgan fingerprint density at radius 2 is 1.97 bits per heavy atom. The predicted octanol–water partition coefficient (Wildman–Crippen LogP) is 4.10. The van der Waals surface area contributed by atoms with Crippen molar-refractivity contribution in [2.24, 2.45) is 0 Å². The maximum absolute atomic E-state index is 14.1. The number of imidazole rings is 2. The van der Waals surface area contributed by atoms with E-state index in [4.69, 9.17) is 14.7 Å². The number of nitrogens with zero attached hydrogens (tertiary/aromatic N) is 5. The van der Waals surface area contributed by atoms with Gasteiger partial charge in [0, 0.05) is 48.0 Å². The molecule has 0 spiro atoms. The average molecular weight is 469 g/mol. The van der Waals surface area contributed by atoms with Crippen LogP contribution in [0.3, 0.4) is 0 Å². The van der Waals surface area contributed by atoms with Crippen molar-refractivity contribution in [3.05, 3.63) is 71.3 Å². The number of aromatic nitrogens is 7. The lowest BCUT2D eigenvalue weighted by atomic mass is 10.1. The number of hydrogen-bond acceptors (Lipinski definition) is 5. The monoisotopic (exact) mass is 469 g/mol. The van der Waals surface area contributed by atoms with Crippen LogP contribution in [0.25, 0.3) is 50.3 Å². The third-order valence-electron chi connectivity index (χ3n) is 6.69. The lowest BCUT2D eigenvalue weighted by Crippen LogP contribution is -2.27. The quantitative estimate of drug-likeness (QED) is 0.406. The lowest BCUT2D eigenvalue weighted by Gasteiger charge is -2.23.